The van der Waals surface area contributed by atoms with Gasteiger partial charge in [0.2, 0.25) is 5.91 Å². The molecule has 0 saturated carbocycles. The first-order valence-corrected chi connectivity index (χ1v) is 5.15. The van der Waals surface area contributed by atoms with Crippen molar-refractivity contribution in [1.29, 1.82) is 0 Å². The van der Waals surface area contributed by atoms with Crippen molar-refractivity contribution in [3.05, 3.63) is 35.6 Å². The van der Waals surface area contributed by atoms with Crippen molar-refractivity contribution in [2.45, 2.75) is 12.7 Å². The van der Waals surface area contributed by atoms with Crippen molar-refractivity contribution in [2.24, 2.45) is 0 Å². The van der Waals surface area contributed by atoms with Crippen LogP contribution in [0.1, 0.15) is 5.56 Å². The minimum absolute atomic E-state index is 0.206. The van der Waals surface area contributed by atoms with E-state index in [0.29, 0.717) is 5.56 Å². The van der Waals surface area contributed by atoms with E-state index in [2.05, 4.69) is 5.32 Å². The van der Waals surface area contributed by atoms with Crippen LogP contribution >= 0.6 is 0 Å². The largest absolute Gasteiger partial charge is 0.405 e. The molecule has 0 atom stereocenters. The molecule has 0 aliphatic carbocycles. The molecular formula is C11H12F4N2O. The van der Waals surface area contributed by atoms with Gasteiger partial charge in [-0.05, 0) is 17.7 Å². The van der Waals surface area contributed by atoms with Crippen molar-refractivity contribution in [2.75, 3.05) is 13.1 Å². The summed E-state index contributed by atoms with van der Waals surface area (Å²) in [6.07, 6.45) is -4.42. The van der Waals surface area contributed by atoms with Crippen LogP contribution in [0.15, 0.2) is 24.3 Å². The lowest BCUT2D eigenvalue weighted by Gasteiger charge is -2.09. The van der Waals surface area contributed by atoms with Crippen LogP contribution in [0, 0.1) is 5.82 Å². The fourth-order valence-corrected chi connectivity index (χ4v) is 1.23. The second-order valence-electron chi connectivity index (χ2n) is 3.63. The number of halogens is 4. The standard InChI is InChI=1S/C11H12F4N2O/c12-9-3-1-2-8(4-9)5-16-6-10(18)17-7-11(13,14)15/h1-4,16H,5-7H2,(H,17,18). The van der Waals surface area contributed by atoms with Gasteiger partial charge in [0.1, 0.15) is 12.4 Å². The minimum Gasteiger partial charge on any atom is -0.346 e. The zero-order chi connectivity index (χ0) is 13.6. The van der Waals surface area contributed by atoms with Gasteiger partial charge >= 0.3 is 6.18 Å². The second-order valence-corrected chi connectivity index (χ2v) is 3.63. The second kappa shape index (κ2) is 6.34. The van der Waals surface area contributed by atoms with Crippen LogP contribution in [0.25, 0.3) is 0 Å². The Morgan fingerprint density at radius 1 is 1.28 bits per heavy atom. The van der Waals surface area contributed by atoms with E-state index in [1.165, 1.54) is 18.2 Å². The zero-order valence-electron chi connectivity index (χ0n) is 9.35. The zero-order valence-corrected chi connectivity index (χ0v) is 9.35. The Balaban J connectivity index is 2.23. The average Bonchev–Trinajstić information content (AvgIpc) is 2.25. The monoisotopic (exact) mass is 264 g/mol. The summed E-state index contributed by atoms with van der Waals surface area (Å²) in [6, 6.07) is 5.71. The Hall–Kier alpha value is -1.63. The van der Waals surface area contributed by atoms with Gasteiger partial charge in [-0.25, -0.2) is 4.39 Å². The van der Waals surface area contributed by atoms with E-state index < -0.39 is 24.4 Å². The highest BCUT2D eigenvalue weighted by Gasteiger charge is 2.27. The molecule has 0 aromatic heterocycles. The number of carbonyl (C=O) groups excluding carboxylic acids is 1. The predicted molar refractivity (Wildman–Crippen MR) is 57.2 cm³/mol. The maximum atomic E-state index is 12.8. The van der Waals surface area contributed by atoms with Crippen molar-refractivity contribution in [3.8, 4) is 0 Å². The third kappa shape index (κ3) is 6.19. The summed E-state index contributed by atoms with van der Waals surface area (Å²) in [5.41, 5.74) is 0.610. The van der Waals surface area contributed by atoms with Crippen molar-refractivity contribution < 1.29 is 22.4 Å². The van der Waals surface area contributed by atoms with Gasteiger partial charge in [0.15, 0.2) is 0 Å². The number of nitrogens with one attached hydrogen (secondary N) is 2. The Morgan fingerprint density at radius 3 is 2.61 bits per heavy atom. The number of alkyl halides is 3. The molecule has 0 spiro atoms. The number of rotatable bonds is 5. The van der Waals surface area contributed by atoms with Crippen LogP contribution in [0.4, 0.5) is 17.6 Å². The van der Waals surface area contributed by atoms with Crippen LogP contribution in [-0.2, 0) is 11.3 Å². The van der Waals surface area contributed by atoms with Crippen molar-refractivity contribution in [1.82, 2.24) is 10.6 Å². The summed E-state index contributed by atoms with van der Waals surface area (Å²) < 4.78 is 48.1. The van der Waals surface area contributed by atoms with Crippen LogP contribution in [0.5, 0.6) is 0 Å². The number of benzene rings is 1. The van der Waals surface area contributed by atoms with Gasteiger partial charge in [-0.3, -0.25) is 4.79 Å². The molecule has 0 fully saturated rings. The molecule has 1 amide bonds. The average molecular weight is 264 g/mol. The summed E-state index contributed by atoms with van der Waals surface area (Å²) in [7, 11) is 0. The molecular weight excluding hydrogens is 252 g/mol. The van der Waals surface area contributed by atoms with E-state index in [9.17, 15) is 22.4 Å². The van der Waals surface area contributed by atoms with Gasteiger partial charge in [0.25, 0.3) is 0 Å². The molecule has 1 rings (SSSR count). The van der Waals surface area contributed by atoms with E-state index in [0.717, 1.165) is 0 Å². The molecule has 7 heteroatoms. The first-order chi connectivity index (χ1) is 8.37. The van der Waals surface area contributed by atoms with E-state index in [4.69, 9.17) is 0 Å². The molecule has 0 bridgehead atoms. The predicted octanol–water partition coefficient (Wildman–Crippen LogP) is 1.59. The van der Waals surface area contributed by atoms with E-state index in [1.807, 2.05) is 0 Å². The molecule has 0 unspecified atom stereocenters. The van der Waals surface area contributed by atoms with E-state index >= 15 is 0 Å². The lowest BCUT2D eigenvalue weighted by Crippen LogP contribution is -2.39. The molecule has 1 aromatic carbocycles. The Labute approximate surface area is 101 Å². The fraction of sp³-hybridized carbons (Fsp3) is 0.364. The topological polar surface area (TPSA) is 41.1 Å². The van der Waals surface area contributed by atoms with Crippen LogP contribution in [0.2, 0.25) is 0 Å². The molecule has 0 heterocycles. The Morgan fingerprint density at radius 2 is 2.00 bits per heavy atom. The number of amides is 1. The maximum Gasteiger partial charge on any atom is 0.405 e. The molecule has 2 N–H and O–H groups in total. The van der Waals surface area contributed by atoms with Gasteiger partial charge in [-0.1, -0.05) is 12.1 Å². The lowest BCUT2D eigenvalue weighted by molar-refractivity contribution is -0.137. The summed E-state index contributed by atoms with van der Waals surface area (Å²) in [5, 5.41) is 4.34. The molecule has 3 nitrogen and oxygen atoms in total. The van der Waals surface area contributed by atoms with Crippen LogP contribution in [-0.4, -0.2) is 25.2 Å². The van der Waals surface area contributed by atoms with E-state index in [1.54, 1.807) is 11.4 Å². The van der Waals surface area contributed by atoms with Gasteiger partial charge in [0, 0.05) is 6.54 Å². The van der Waals surface area contributed by atoms with Gasteiger partial charge < -0.3 is 10.6 Å². The van der Waals surface area contributed by atoms with E-state index in [-0.39, 0.29) is 13.1 Å². The highest BCUT2D eigenvalue weighted by Crippen LogP contribution is 2.11. The smallest absolute Gasteiger partial charge is 0.346 e. The van der Waals surface area contributed by atoms with Gasteiger partial charge in [0.05, 0.1) is 6.54 Å². The molecule has 18 heavy (non-hydrogen) atoms. The summed E-state index contributed by atoms with van der Waals surface area (Å²) >= 11 is 0. The SMILES string of the molecule is O=C(CNCc1cccc(F)c1)NCC(F)(F)F. The summed E-state index contributed by atoms with van der Waals surface area (Å²) in [5.74, 6) is -1.17. The lowest BCUT2D eigenvalue weighted by atomic mass is 10.2. The number of carbonyl (C=O) groups is 1. The van der Waals surface area contributed by atoms with Crippen LogP contribution in [0.3, 0.4) is 0 Å². The van der Waals surface area contributed by atoms with Gasteiger partial charge in [-0.15, -0.1) is 0 Å². The molecule has 0 aliphatic heterocycles. The number of hydrogen-bond acceptors (Lipinski definition) is 2. The highest BCUT2D eigenvalue weighted by atomic mass is 19.4. The summed E-state index contributed by atoms with van der Waals surface area (Å²) in [4.78, 5) is 11.0. The fourth-order valence-electron chi connectivity index (χ4n) is 1.23. The summed E-state index contributed by atoms with van der Waals surface area (Å²) in [6.45, 7) is -1.41. The number of hydrogen-bond donors (Lipinski definition) is 2. The molecule has 0 saturated heterocycles. The third-order valence-corrected chi connectivity index (χ3v) is 1.99. The Bertz CT molecular complexity index is 406. The molecule has 1 aromatic rings. The van der Waals surface area contributed by atoms with Crippen molar-refractivity contribution >= 4 is 5.91 Å². The maximum absolute atomic E-state index is 12.8. The highest BCUT2D eigenvalue weighted by molar-refractivity contribution is 5.77. The Kier molecular flexibility index (Phi) is 5.08. The quantitative estimate of drug-likeness (QED) is 0.793. The first kappa shape index (κ1) is 14.4. The molecule has 0 radical (unpaired) electrons. The molecule has 100 valence electrons. The first-order valence-electron chi connectivity index (χ1n) is 5.15. The van der Waals surface area contributed by atoms with Gasteiger partial charge in [-0.2, -0.15) is 13.2 Å². The minimum atomic E-state index is -4.42. The molecule has 0 aliphatic rings. The third-order valence-electron chi connectivity index (χ3n) is 1.99. The van der Waals surface area contributed by atoms with Crippen LogP contribution < -0.4 is 10.6 Å². The van der Waals surface area contributed by atoms with Crippen molar-refractivity contribution in [3.63, 3.8) is 0 Å². The normalized spacial score (nSPS) is 11.3.